The molecule has 0 saturated heterocycles. The number of carbonyl (C=O) groups excluding carboxylic acids is 1. The molecule has 1 atom stereocenters. The number of rotatable bonds is 3. The molecule has 2 nitrogen and oxygen atoms in total. The molecule has 0 bridgehead atoms. The maximum atomic E-state index is 13.6. The van der Waals surface area contributed by atoms with Crippen molar-refractivity contribution in [2.24, 2.45) is 5.92 Å². The van der Waals surface area contributed by atoms with Gasteiger partial charge in [0, 0.05) is 11.6 Å². The van der Waals surface area contributed by atoms with Gasteiger partial charge in [0.05, 0.1) is 13.0 Å². The summed E-state index contributed by atoms with van der Waals surface area (Å²) in [6.07, 6.45) is 1.52. The van der Waals surface area contributed by atoms with Crippen LogP contribution in [0.25, 0.3) is 0 Å². The summed E-state index contributed by atoms with van der Waals surface area (Å²) < 4.78 is 44.0. The van der Waals surface area contributed by atoms with Crippen LogP contribution in [0.2, 0.25) is 0 Å². The molecule has 0 radical (unpaired) electrons. The van der Waals surface area contributed by atoms with Gasteiger partial charge in [-0.05, 0) is 24.8 Å². The van der Waals surface area contributed by atoms with E-state index in [9.17, 15) is 18.0 Å². The fraction of sp³-hybridized carbons (Fsp3) is 0.417. The highest BCUT2D eigenvalue weighted by atomic mass is 19.2. The Morgan fingerprint density at radius 3 is 2.35 bits per heavy atom. The maximum absolute atomic E-state index is 13.6. The molecule has 1 unspecified atom stereocenters. The Balaban J connectivity index is 2.42. The fourth-order valence-electron chi connectivity index (χ4n) is 1.91. The second kappa shape index (κ2) is 4.39. The Labute approximate surface area is 96.4 Å². The highest BCUT2D eigenvalue weighted by Crippen LogP contribution is 2.44. The van der Waals surface area contributed by atoms with Gasteiger partial charge in [-0.2, -0.15) is 0 Å². The summed E-state index contributed by atoms with van der Waals surface area (Å²) in [6, 6.07) is 1.20. The Morgan fingerprint density at radius 2 is 1.82 bits per heavy atom. The van der Waals surface area contributed by atoms with Crippen LogP contribution in [0, 0.1) is 23.4 Å². The van der Waals surface area contributed by atoms with E-state index < -0.39 is 29.3 Å². The molecule has 5 heteroatoms. The number of carbonyl (C=O) groups is 1. The van der Waals surface area contributed by atoms with E-state index in [2.05, 4.69) is 4.74 Å². The second-order valence-corrected chi connectivity index (χ2v) is 4.13. The third kappa shape index (κ3) is 2.28. The van der Waals surface area contributed by atoms with Crippen LogP contribution in [-0.4, -0.2) is 13.1 Å². The van der Waals surface area contributed by atoms with Gasteiger partial charge in [-0.3, -0.25) is 4.79 Å². The predicted molar refractivity (Wildman–Crippen MR) is 53.8 cm³/mol. The lowest BCUT2D eigenvalue weighted by Crippen LogP contribution is -2.18. The van der Waals surface area contributed by atoms with Gasteiger partial charge in [0.25, 0.3) is 0 Å². The lowest BCUT2D eigenvalue weighted by Gasteiger charge is -2.15. The molecule has 0 aliphatic heterocycles. The molecular formula is C12H11F3O2. The van der Waals surface area contributed by atoms with E-state index in [1.54, 1.807) is 0 Å². The zero-order chi connectivity index (χ0) is 12.6. The van der Waals surface area contributed by atoms with Crippen LogP contribution in [-0.2, 0) is 9.53 Å². The van der Waals surface area contributed by atoms with Crippen LogP contribution >= 0.6 is 0 Å². The molecule has 92 valence electrons. The monoisotopic (exact) mass is 244 g/mol. The topological polar surface area (TPSA) is 26.3 Å². The van der Waals surface area contributed by atoms with Crippen molar-refractivity contribution in [2.75, 3.05) is 7.11 Å². The van der Waals surface area contributed by atoms with Crippen LogP contribution < -0.4 is 0 Å². The van der Waals surface area contributed by atoms with E-state index >= 15 is 0 Å². The Morgan fingerprint density at radius 1 is 1.24 bits per heavy atom. The van der Waals surface area contributed by atoms with Gasteiger partial charge in [-0.15, -0.1) is 0 Å². The molecule has 0 amide bonds. The van der Waals surface area contributed by atoms with Crippen molar-refractivity contribution >= 4 is 5.97 Å². The summed E-state index contributed by atoms with van der Waals surface area (Å²) >= 11 is 0. The first-order chi connectivity index (χ1) is 8.04. The summed E-state index contributed by atoms with van der Waals surface area (Å²) in [6.45, 7) is 0. The number of halogens is 3. The predicted octanol–water partition coefficient (Wildman–Crippen LogP) is 2.77. The molecule has 0 heterocycles. The third-order valence-corrected chi connectivity index (χ3v) is 2.92. The molecule has 1 aliphatic carbocycles. The van der Waals surface area contributed by atoms with Crippen LogP contribution in [0.1, 0.15) is 24.3 Å². The standard InChI is InChI=1S/C12H11F3O2/c1-17-12(16)11(6-2-3-6)7-4-9(14)10(15)5-8(7)13/h4-6,11H,2-3H2,1H3. The van der Waals surface area contributed by atoms with E-state index in [4.69, 9.17) is 0 Å². The minimum absolute atomic E-state index is 0.0400. The normalized spacial score (nSPS) is 16.7. The molecule has 0 N–H and O–H groups in total. The van der Waals surface area contributed by atoms with Gasteiger partial charge in [-0.25, -0.2) is 13.2 Å². The summed E-state index contributed by atoms with van der Waals surface area (Å²) in [7, 11) is 1.19. The van der Waals surface area contributed by atoms with Crippen molar-refractivity contribution in [1.29, 1.82) is 0 Å². The van der Waals surface area contributed by atoms with Crippen molar-refractivity contribution in [2.45, 2.75) is 18.8 Å². The molecule has 1 aliphatic rings. The van der Waals surface area contributed by atoms with Gasteiger partial charge in [0.2, 0.25) is 0 Å². The summed E-state index contributed by atoms with van der Waals surface area (Å²) in [5.74, 6) is -4.82. The quantitative estimate of drug-likeness (QED) is 0.603. The Hall–Kier alpha value is -1.52. The van der Waals surface area contributed by atoms with Crippen molar-refractivity contribution in [3.05, 3.63) is 35.1 Å². The number of methoxy groups -OCH3 is 1. The average molecular weight is 244 g/mol. The molecular weight excluding hydrogens is 233 g/mol. The molecule has 1 aromatic rings. The number of ether oxygens (including phenoxy) is 1. The van der Waals surface area contributed by atoms with Crippen molar-refractivity contribution in [3.63, 3.8) is 0 Å². The fourth-order valence-corrected chi connectivity index (χ4v) is 1.91. The van der Waals surface area contributed by atoms with Gasteiger partial charge < -0.3 is 4.74 Å². The number of hydrogen-bond donors (Lipinski definition) is 0. The number of benzene rings is 1. The van der Waals surface area contributed by atoms with E-state index in [-0.39, 0.29) is 11.5 Å². The lowest BCUT2D eigenvalue weighted by atomic mass is 9.93. The van der Waals surface area contributed by atoms with E-state index in [1.165, 1.54) is 7.11 Å². The van der Waals surface area contributed by atoms with E-state index in [1.807, 2.05) is 0 Å². The first kappa shape index (κ1) is 12.0. The molecule has 1 saturated carbocycles. The molecule has 2 rings (SSSR count). The van der Waals surface area contributed by atoms with Crippen molar-refractivity contribution in [3.8, 4) is 0 Å². The second-order valence-electron chi connectivity index (χ2n) is 4.13. The summed E-state index contributed by atoms with van der Waals surface area (Å²) in [5.41, 5.74) is -0.127. The SMILES string of the molecule is COC(=O)C(c1cc(F)c(F)cc1F)C1CC1. The molecule has 1 fully saturated rings. The minimum Gasteiger partial charge on any atom is -0.469 e. The Kier molecular flexibility index (Phi) is 3.09. The van der Waals surface area contributed by atoms with Gasteiger partial charge in [-0.1, -0.05) is 0 Å². The lowest BCUT2D eigenvalue weighted by molar-refractivity contribution is -0.143. The highest BCUT2D eigenvalue weighted by Gasteiger charge is 2.40. The van der Waals surface area contributed by atoms with Crippen LogP contribution in [0.3, 0.4) is 0 Å². The minimum atomic E-state index is -1.26. The summed E-state index contributed by atoms with van der Waals surface area (Å²) in [5, 5.41) is 0. The molecule has 1 aromatic carbocycles. The van der Waals surface area contributed by atoms with Gasteiger partial charge >= 0.3 is 5.97 Å². The first-order valence-electron chi connectivity index (χ1n) is 5.27. The van der Waals surface area contributed by atoms with Gasteiger partial charge in [0.15, 0.2) is 11.6 Å². The largest absolute Gasteiger partial charge is 0.469 e. The average Bonchev–Trinajstić information content (AvgIpc) is 3.09. The van der Waals surface area contributed by atoms with Crippen LogP contribution in [0.15, 0.2) is 12.1 Å². The molecule has 0 aromatic heterocycles. The molecule has 17 heavy (non-hydrogen) atoms. The van der Waals surface area contributed by atoms with Crippen LogP contribution in [0.4, 0.5) is 13.2 Å². The van der Waals surface area contributed by atoms with Crippen molar-refractivity contribution < 1.29 is 22.7 Å². The van der Waals surface area contributed by atoms with Gasteiger partial charge in [0.1, 0.15) is 5.82 Å². The summed E-state index contributed by atoms with van der Waals surface area (Å²) in [4.78, 5) is 11.5. The van der Waals surface area contributed by atoms with Crippen molar-refractivity contribution in [1.82, 2.24) is 0 Å². The Bertz CT molecular complexity index is 455. The zero-order valence-corrected chi connectivity index (χ0v) is 9.17. The van der Waals surface area contributed by atoms with Crippen LogP contribution in [0.5, 0.6) is 0 Å². The number of esters is 1. The highest BCUT2D eigenvalue weighted by molar-refractivity contribution is 5.79. The maximum Gasteiger partial charge on any atom is 0.313 e. The molecule has 0 spiro atoms. The van der Waals surface area contributed by atoms with E-state index in [0.29, 0.717) is 6.07 Å². The number of hydrogen-bond acceptors (Lipinski definition) is 2. The third-order valence-electron chi connectivity index (χ3n) is 2.92. The first-order valence-corrected chi connectivity index (χ1v) is 5.27. The zero-order valence-electron chi connectivity index (χ0n) is 9.17. The van der Waals surface area contributed by atoms with E-state index in [0.717, 1.165) is 18.9 Å². The smallest absolute Gasteiger partial charge is 0.313 e.